The lowest BCUT2D eigenvalue weighted by Crippen LogP contribution is -2.18. The number of aromatic nitrogens is 2. The van der Waals surface area contributed by atoms with Crippen LogP contribution in [0.5, 0.6) is 0 Å². The van der Waals surface area contributed by atoms with Gasteiger partial charge in [0.2, 0.25) is 0 Å². The summed E-state index contributed by atoms with van der Waals surface area (Å²) in [4.78, 5) is 4.38. The van der Waals surface area contributed by atoms with Crippen LogP contribution in [0.3, 0.4) is 0 Å². The zero-order valence-electron chi connectivity index (χ0n) is 10.9. The first-order valence-electron chi connectivity index (χ1n) is 5.82. The summed E-state index contributed by atoms with van der Waals surface area (Å²) in [6, 6.07) is 3.04. The molecule has 110 valence electrons. The van der Waals surface area contributed by atoms with Gasteiger partial charge in [0.15, 0.2) is 0 Å². The summed E-state index contributed by atoms with van der Waals surface area (Å²) in [6.07, 6.45) is 1.20. The molecule has 2 rings (SSSR count). The quantitative estimate of drug-likeness (QED) is 0.786. The smallest absolute Gasteiger partial charge is 0.149 e. The zero-order chi connectivity index (χ0) is 15.1. The van der Waals surface area contributed by atoms with Gasteiger partial charge < -0.3 is 4.57 Å². The Bertz CT molecular complexity index is 756. The molecule has 1 heterocycles. The molecular weight excluding hydrogens is 343 g/mol. The van der Waals surface area contributed by atoms with Gasteiger partial charge in [-0.2, -0.15) is 0 Å². The van der Waals surface area contributed by atoms with Crippen LogP contribution in [0.25, 0.3) is 11.0 Å². The maximum absolute atomic E-state index is 11.5. The van der Waals surface area contributed by atoms with E-state index in [0.29, 0.717) is 21.4 Å². The van der Waals surface area contributed by atoms with Crippen LogP contribution in [-0.2, 0) is 15.7 Å². The van der Waals surface area contributed by atoms with Gasteiger partial charge in [0.25, 0.3) is 0 Å². The second-order valence-electron chi connectivity index (χ2n) is 4.73. The molecule has 0 amide bonds. The van der Waals surface area contributed by atoms with Crippen LogP contribution >= 0.6 is 34.8 Å². The van der Waals surface area contributed by atoms with Crippen molar-refractivity contribution in [2.45, 2.75) is 18.8 Å². The summed E-state index contributed by atoms with van der Waals surface area (Å²) in [7, 11) is -3.11. The first-order chi connectivity index (χ1) is 9.23. The van der Waals surface area contributed by atoms with E-state index >= 15 is 0 Å². The Hall–Kier alpha value is -0.490. The predicted molar refractivity (Wildman–Crippen MR) is 83.7 cm³/mol. The second-order valence-corrected chi connectivity index (χ2v) is 7.99. The number of nitrogens with zero attached hydrogens (tertiary/aromatic N) is 2. The summed E-state index contributed by atoms with van der Waals surface area (Å²) >= 11 is 17.9. The van der Waals surface area contributed by atoms with Gasteiger partial charge in [0.05, 0.1) is 32.7 Å². The van der Waals surface area contributed by atoms with Gasteiger partial charge in [0, 0.05) is 12.3 Å². The topological polar surface area (TPSA) is 52.0 Å². The lowest BCUT2D eigenvalue weighted by molar-refractivity contribution is 0.561. The molecule has 0 fully saturated rings. The molecule has 8 heteroatoms. The Morgan fingerprint density at radius 2 is 1.90 bits per heavy atom. The number of benzene rings is 1. The Balaban J connectivity index is 2.63. The summed E-state index contributed by atoms with van der Waals surface area (Å²) < 4.78 is 24.8. The van der Waals surface area contributed by atoms with Gasteiger partial charge in [-0.3, -0.25) is 0 Å². The molecule has 2 aromatic rings. The number of hydrogen-bond acceptors (Lipinski definition) is 3. The molecular formula is C12H13Cl3N2O2S. The first kappa shape index (κ1) is 15.9. The summed E-state index contributed by atoms with van der Waals surface area (Å²) in [5, 5.41) is 0.800. The van der Waals surface area contributed by atoms with E-state index in [0.717, 1.165) is 5.52 Å². The molecule has 0 aliphatic rings. The van der Waals surface area contributed by atoms with E-state index in [2.05, 4.69) is 4.98 Å². The molecule has 0 saturated heterocycles. The second kappa shape index (κ2) is 5.72. The van der Waals surface area contributed by atoms with Crippen LogP contribution < -0.4 is 0 Å². The van der Waals surface area contributed by atoms with Crippen molar-refractivity contribution in [1.29, 1.82) is 0 Å². The van der Waals surface area contributed by atoms with E-state index in [1.807, 2.05) is 0 Å². The maximum atomic E-state index is 11.5. The van der Waals surface area contributed by atoms with Gasteiger partial charge in [-0.15, -0.1) is 11.6 Å². The standard InChI is InChI=1S/C12H13Cl3N2O2S/c1-7(6-20(2,18)19)17-11-4-9(15)8(14)3-10(11)16-12(17)5-13/h3-4,7H,5-6H2,1-2H3. The molecule has 4 nitrogen and oxygen atoms in total. The molecule has 0 aliphatic carbocycles. The molecule has 0 N–H and O–H groups in total. The lowest BCUT2D eigenvalue weighted by Gasteiger charge is -2.16. The van der Waals surface area contributed by atoms with Gasteiger partial charge in [-0.25, -0.2) is 13.4 Å². The van der Waals surface area contributed by atoms with Crippen LogP contribution in [0.2, 0.25) is 10.0 Å². The Morgan fingerprint density at radius 3 is 2.45 bits per heavy atom. The molecule has 20 heavy (non-hydrogen) atoms. The third-order valence-electron chi connectivity index (χ3n) is 2.91. The third-order valence-corrected chi connectivity index (χ3v) is 4.96. The number of alkyl halides is 1. The Kier molecular flexibility index (Phi) is 4.54. The monoisotopic (exact) mass is 354 g/mol. The van der Waals surface area contributed by atoms with E-state index in [-0.39, 0.29) is 17.7 Å². The van der Waals surface area contributed by atoms with Gasteiger partial charge in [-0.1, -0.05) is 23.2 Å². The summed E-state index contributed by atoms with van der Waals surface area (Å²) in [6.45, 7) is 1.81. The van der Waals surface area contributed by atoms with E-state index in [4.69, 9.17) is 34.8 Å². The molecule has 0 saturated carbocycles. The molecule has 0 aliphatic heterocycles. The van der Waals surface area contributed by atoms with Crippen molar-refractivity contribution in [3.05, 3.63) is 28.0 Å². The highest BCUT2D eigenvalue weighted by Crippen LogP contribution is 2.30. The van der Waals surface area contributed by atoms with Crippen molar-refractivity contribution in [1.82, 2.24) is 9.55 Å². The lowest BCUT2D eigenvalue weighted by atomic mass is 10.3. The molecule has 0 radical (unpaired) electrons. The molecule has 1 unspecified atom stereocenters. The minimum atomic E-state index is -3.11. The minimum Gasteiger partial charge on any atom is -0.323 e. The van der Waals surface area contributed by atoms with Crippen LogP contribution in [-0.4, -0.2) is 30.0 Å². The zero-order valence-corrected chi connectivity index (χ0v) is 14.0. The first-order valence-corrected chi connectivity index (χ1v) is 9.17. The minimum absolute atomic E-state index is 0.00257. The van der Waals surface area contributed by atoms with Crippen LogP contribution in [0.4, 0.5) is 0 Å². The van der Waals surface area contributed by atoms with Crippen molar-refractivity contribution in [2.24, 2.45) is 0 Å². The fourth-order valence-electron chi connectivity index (χ4n) is 2.24. The van der Waals surface area contributed by atoms with Crippen molar-refractivity contribution in [2.75, 3.05) is 12.0 Å². The van der Waals surface area contributed by atoms with E-state index in [9.17, 15) is 8.42 Å². The largest absolute Gasteiger partial charge is 0.323 e. The summed E-state index contributed by atoms with van der Waals surface area (Å²) in [5.41, 5.74) is 1.38. The normalized spacial score (nSPS) is 13.8. The van der Waals surface area contributed by atoms with Crippen LogP contribution in [0.1, 0.15) is 18.8 Å². The van der Waals surface area contributed by atoms with Crippen molar-refractivity contribution >= 4 is 55.7 Å². The van der Waals surface area contributed by atoms with E-state index < -0.39 is 9.84 Å². The van der Waals surface area contributed by atoms with Crippen LogP contribution in [0.15, 0.2) is 12.1 Å². The SMILES string of the molecule is CC(CS(C)(=O)=O)n1c(CCl)nc2cc(Cl)c(Cl)cc21. The fraction of sp³-hybridized carbons (Fsp3) is 0.417. The average molecular weight is 356 g/mol. The van der Waals surface area contributed by atoms with Gasteiger partial charge >= 0.3 is 0 Å². The number of halogens is 3. The highest BCUT2D eigenvalue weighted by molar-refractivity contribution is 7.90. The molecule has 0 spiro atoms. The molecule has 1 atom stereocenters. The molecule has 1 aromatic heterocycles. The van der Waals surface area contributed by atoms with Crippen molar-refractivity contribution in [3.63, 3.8) is 0 Å². The number of hydrogen-bond donors (Lipinski definition) is 0. The van der Waals surface area contributed by atoms with Crippen molar-refractivity contribution < 1.29 is 8.42 Å². The maximum Gasteiger partial charge on any atom is 0.149 e. The van der Waals surface area contributed by atoms with E-state index in [1.54, 1.807) is 23.6 Å². The number of fused-ring (bicyclic) bond motifs is 1. The number of rotatable bonds is 4. The van der Waals surface area contributed by atoms with E-state index in [1.165, 1.54) is 6.26 Å². The highest BCUT2D eigenvalue weighted by Gasteiger charge is 2.19. The van der Waals surface area contributed by atoms with Gasteiger partial charge in [0.1, 0.15) is 15.7 Å². The Labute approximate surface area is 132 Å². The Morgan fingerprint density at radius 1 is 1.30 bits per heavy atom. The predicted octanol–water partition coefficient (Wildman–Crippen LogP) is 3.69. The number of imidazole rings is 1. The van der Waals surface area contributed by atoms with Crippen LogP contribution in [0, 0.1) is 0 Å². The molecule has 0 bridgehead atoms. The number of sulfone groups is 1. The highest BCUT2D eigenvalue weighted by atomic mass is 35.5. The van der Waals surface area contributed by atoms with Gasteiger partial charge in [-0.05, 0) is 19.1 Å². The third kappa shape index (κ3) is 3.22. The molecule has 1 aromatic carbocycles. The summed E-state index contributed by atoms with van der Waals surface area (Å²) in [5.74, 6) is 0.775. The van der Waals surface area contributed by atoms with Crippen molar-refractivity contribution in [3.8, 4) is 0 Å². The fourth-order valence-corrected chi connectivity index (χ4v) is 3.77. The average Bonchev–Trinajstić information content (AvgIpc) is 2.65.